The summed E-state index contributed by atoms with van der Waals surface area (Å²) in [5.74, 6) is 0. The summed E-state index contributed by atoms with van der Waals surface area (Å²) in [5, 5.41) is 5.80. The molecule has 1 aliphatic rings. The minimum atomic E-state index is 0.0991. The quantitative estimate of drug-likeness (QED) is 0.800. The second-order valence-electron chi connectivity index (χ2n) is 6.16. The van der Waals surface area contributed by atoms with Gasteiger partial charge in [0.25, 0.3) is 0 Å². The van der Waals surface area contributed by atoms with Gasteiger partial charge >= 0.3 is 0 Å². The Kier molecular flexibility index (Phi) is 4.38. The number of nitrogens with zero attached hydrogens (tertiary/aromatic N) is 1. The van der Waals surface area contributed by atoms with Crippen LogP contribution in [-0.2, 0) is 4.84 Å². The zero-order valence-corrected chi connectivity index (χ0v) is 11.8. The summed E-state index contributed by atoms with van der Waals surface area (Å²) >= 11 is 0. The topological polar surface area (TPSA) is 24.5 Å². The molecule has 1 saturated heterocycles. The van der Waals surface area contributed by atoms with Crippen LogP contribution in [0.25, 0.3) is 0 Å². The molecule has 0 unspecified atom stereocenters. The molecule has 0 aromatic carbocycles. The Labute approximate surface area is 100 Å². The Bertz CT molecular complexity index is 208. The van der Waals surface area contributed by atoms with Crippen LogP contribution < -0.4 is 5.32 Å². The molecule has 3 nitrogen and oxygen atoms in total. The van der Waals surface area contributed by atoms with E-state index in [1.54, 1.807) is 7.11 Å². The molecule has 1 rings (SSSR count). The van der Waals surface area contributed by atoms with Crippen molar-refractivity contribution in [3.05, 3.63) is 0 Å². The summed E-state index contributed by atoms with van der Waals surface area (Å²) in [7, 11) is 1.78. The second-order valence-corrected chi connectivity index (χ2v) is 6.16. The van der Waals surface area contributed by atoms with Crippen LogP contribution in [0.1, 0.15) is 53.9 Å². The average Bonchev–Trinajstić information content (AvgIpc) is 2.11. The molecular weight excluding hydrogens is 200 g/mol. The molecule has 0 saturated carbocycles. The number of piperidine rings is 1. The lowest BCUT2D eigenvalue weighted by Gasteiger charge is -2.53. The van der Waals surface area contributed by atoms with Crippen molar-refractivity contribution in [2.24, 2.45) is 0 Å². The summed E-state index contributed by atoms with van der Waals surface area (Å²) < 4.78 is 0. The molecule has 0 aromatic heterocycles. The molecule has 0 atom stereocenters. The Balaban J connectivity index is 2.72. The number of hydrogen-bond acceptors (Lipinski definition) is 3. The second kappa shape index (κ2) is 5.03. The van der Waals surface area contributed by atoms with Crippen LogP contribution in [0.15, 0.2) is 0 Å². The molecule has 1 heterocycles. The van der Waals surface area contributed by atoms with Crippen molar-refractivity contribution < 1.29 is 4.84 Å². The maximum Gasteiger partial charge on any atom is 0.0575 e. The molecule has 0 bridgehead atoms. The van der Waals surface area contributed by atoms with Crippen LogP contribution in [0.5, 0.6) is 0 Å². The first-order valence-electron chi connectivity index (χ1n) is 6.41. The van der Waals surface area contributed by atoms with Gasteiger partial charge in [-0.05, 0) is 53.5 Å². The predicted octanol–water partition coefficient (Wildman–Crippen LogP) is 2.57. The molecule has 0 aliphatic carbocycles. The fourth-order valence-electron chi connectivity index (χ4n) is 3.25. The lowest BCUT2D eigenvalue weighted by Crippen LogP contribution is -2.63. The van der Waals surface area contributed by atoms with E-state index in [4.69, 9.17) is 4.84 Å². The monoisotopic (exact) mass is 228 g/mol. The Hall–Kier alpha value is -0.120. The first-order chi connectivity index (χ1) is 7.33. The molecule has 0 radical (unpaired) electrons. The van der Waals surface area contributed by atoms with Gasteiger partial charge in [-0.25, -0.2) is 0 Å². The highest BCUT2D eigenvalue weighted by Crippen LogP contribution is 2.38. The van der Waals surface area contributed by atoms with E-state index in [2.05, 4.69) is 45.0 Å². The first kappa shape index (κ1) is 13.9. The van der Waals surface area contributed by atoms with Crippen molar-refractivity contribution in [3.63, 3.8) is 0 Å². The van der Waals surface area contributed by atoms with Gasteiger partial charge < -0.3 is 10.2 Å². The van der Waals surface area contributed by atoms with Crippen LogP contribution in [0.2, 0.25) is 0 Å². The molecule has 0 amide bonds. The summed E-state index contributed by atoms with van der Waals surface area (Å²) in [6.45, 7) is 12.4. The van der Waals surface area contributed by atoms with E-state index in [1.807, 2.05) is 0 Å². The van der Waals surface area contributed by atoms with Crippen LogP contribution in [0.4, 0.5) is 0 Å². The number of rotatable bonds is 4. The number of hydrogen-bond donors (Lipinski definition) is 1. The fourth-order valence-corrected chi connectivity index (χ4v) is 3.25. The van der Waals surface area contributed by atoms with Crippen molar-refractivity contribution >= 4 is 0 Å². The maximum absolute atomic E-state index is 5.58. The first-order valence-corrected chi connectivity index (χ1v) is 6.41. The average molecular weight is 228 g/mol. The van der Waals surface area contributed by atoms with Crippen molar-refractivity contribution in [1.82, 2.24) is 10.4 Å². The van der Waals surface area contributed by atoms with E-state index in [1.165, 1.54) is 6.42 Å². The summed E-state index contributed by atoms with van der Waals surface area (Å²) in [5.41, 5.74) is 0.198. The largest absolute Gasteiger partial charge is 0.314 e. The molecular formula is C13H28N2O. The highest BCUT2D eigenvalue weighted by atomic mass is 16.7. The van der Waals surface area contributed by atoms with Crippen LogP contribution in [0.3, 0.4) is 0 Å². The minimum absolute atomic E-state index is 0.0991. The maximum atomic E-state index is 5.58. The van der Waals surface area contributed by atoms with Crippen molar-refractivity contribution in [2.45, 2.75) is 71.0 Å². The van der Waals surface area contributed by atoms with Gasteiger partial charge in [-0.3, -0.25) is 0 Å². The molecule has 1 aliphatic heterocycles. The smallest absolute Gasteiger partial charge is 0.0575 e. The molecule has 16 heavy (non-hydrogen) atoms. The van der Waals surface area contributed by atoms with Crippen LogP contribution in [-0.4, -0.2) is 35.8 Å². The number of nitrogens with one attached hydrogen (secondary N) is 1. The SMILES string of the molecule is CCCNC1CC(C)(C)N(OC)C(C)(C)C1. The summed E-state index contributed by atoms with van der Waals surface area (Å²) in [4.78, 5) is 5.58. The van der Waals surface area contributed by atoms with Gasteiger partial charge in [0.15, 0.2) is 0 Å². The van der Waals surface area contributed by atoms with E-state index in [0.717, 1.165) is 19.4 Å². The van der Waals surface area contributed by atoms with Crippen molar-refractivity contribution in [3.8, 4) is 0 Å². The number of hydroxylamine groups is 2. The zero-order valence-electron chi connectivity index (χ0n) is 11.8. The molecule has 0 aromatic rings. The zero-order chi connectivity index (χ0) is 12.4. The van der Waals surface area contributed by atoms with Gasteiger partial charge in [0, 0.05) is 17.1 Å². The third kappa shape index (κ3) is 2.96. The van der Waals surface area contributed by atoms with Crippen molar-refractivity contribution in [2.75, 3.05) is 13.7 Å². The van der Waals surface area contributed by atoms with E-state index in [0.29, 0.717) is 6.04 Å². The van der Waals surface area contributed by atoms with Gasteiger partial charge in [-0.2, -0.15) is 5.06 Å². The predicted molar refractivity (Wildman–Crippen MR) is 68.3 cm³/mol. The molecule has 3 heteroatoms. The molecule has 0 spiro atoms. The van der Waals surface area contributed by atoms with E-state index < -0.39 is 0 Å². The third-order valence-corrected chi connectivity index (χ3v) is 3.46. The summed E-state index contributed by atoms with van der Waals surface area (Å²) in [6.07, 6.45) is 3.49. The summed E-state index contributed by atoms with van der Waals surface area (Å²) in [6, 6.07) is 0.608. The highest BCUT2D eigenvalue weighted by molar-refractivity contribution is 4.98. The Morgan fingerprint density at radius 1 is 1.19 bits per heavy atom. The highest BCUT2D eigenvalue weighted by Gasteiger charge is 2.45. The van der Waals surface area contributed by atoms with Gasteiger partial charge in [0.05, 0.1) is 7.11 Å². The lowest BCUT2D eigenvalue weighted by atomic mass is 9.79. The van der Waals surface area contributed by atoms with Gasteiger partial charge in [0.1, 0.15) is 0 Å². The Morgan fingerprint density at radius 3 is 2.06 bits per heavy atom. The Morgan fingerprint density at radius 2 is 1.69 bits per heavy atom. The standard InChI is InChI=1S/C13H28N2O/c1-7-8-14-11-9-12(2,3)15(16-6)13(4,5)10-11/h11,14H,7-10H2,1-6H3. The molecule has 1 fully saturated rings. The third-order valence-electron chi connectivity index (χ3n) is 3.46. The van der Waals surface area contributed by atoms with Gasteiger partial charge in [-0.15, -0.1) is 0 Å². The van der Waals surface area contributed by atoms with Crippen LogP contribution in [0, 0.1) is 0 Å². The van der Waals surface area contributed by atoms with E-state index >= 15 is 0 Å². The molecule has 1 N–H and O–H groups in total. The van der Waals surface area contributed by atoms with Crippen molar-refractivity contribution in [1.29, 1.82) is 0 Å². The van der Waals surface area contributed by atoms with Gasteiger partial charge in [0.2, 0.25) is 0 Å². The van der Waals surface area contributed by atoms with Crippen LogP contribution >= 0.6 is 0 Å². The normalized spacial score (nSPS) is 25.9. The van der Waals surface area contributed by atoms with E-state index in [9.17, 15) is 0 Å². The fraction of sp³-hybridized carbons (Fsp3) is 1.00. The van der Waals surface area contributed by atoms with Gasteiger partial charge in [-0.1, -0.05) is 6.92 Å². The lowest BCUT2D eigenvalue weighted by molar-refractivity contribution is -0.267. The van der Waals surface area contributed by atoms with E-state index in [-0.39, 0.29) is 11.1 Å². The molecule has 96 valence electrons. The minimum Gasteiger partial charge on any atom is -0.314 e.